The molecule has 5 nitrogen and oxygen atoms in total. The van der Waals surface area contributed by atoms with Crippen LogP contribution in [-0.4, -0.2) is 11.8 Å². The van der Waals surface area contributed by atoms with Gasteiger partial charge in [0, 0.05) is 16.9 Å². The molecule has 0 saturated heterocycles. The average molecular weight is 305 g/mol. The van der Waals surface area contributed by atoms with E-state index in [1.165, 1.54) is 0 Å². The Morgan fingerprint density at radius 1 is 1.22 bits per heavy atom. The number of nitriles is 1. The van der Waals surface area contributed by atoms with Crippen molar-refractivity contribution in [2.75, 3.05) is 10.6 Å². The fourth-order valence-electron chi connectivity index (χ4n) is 2.58. The number of rotatable bonds is 2. The molecule has 0 atom stereocenters. The lowest BCUT2D eigenvalue weighted by molar-refractivity contribution is -0.119. The van der Waals surface area contributed by atoms with E-state index in [-0.39, 0.29) is 11.8 Å². The molecule has 0 saturated carbocycles. The second kappa shape index (κ2) is 5.25. The number of carbonyl (C=O) groups excluding carboxylic acids is 2. The number of fused-ring (bicyclic) bond motifs is 1. The number of nitrogens with zero attached hydrogens (tertiary/aromatic N) is 1. The van der Waals surface area contributed by atoms with E-state index in [4.69, 9.17) is 5.26 Å². The Labute approximate surface area is 133 Å². The van der Waals surface area contributed by atoms with Crippen LogP contribution in [0.15, 0.2) is 42.5 Å². The first-order valence-electron chi connectivity index (χ1n) is 7.19. The van der Waals surface area contributed by atoms with Crippen LogP contribution in [0, 0.1) is 11.3 Å². The summed E-state index contributed by atoms with van der Waals surface area (Å²) < 4.78 is 0. The third kappa shape index (κ3) is 2.55. The van der Waals surface area contributed by atoms with Crippen LogP contribution in [0.4, 0.5) is 11.4 Å². The Morgan fingerprint density at radius 3 is 2.74 bits per heavy atom. The maximum absolute atomic E-state index is 12.4. The minimum absolute atomic E-state index is 0.0771. The Morgan fingerprint density at radius 2 is 2.00 bits per heavy atom. The highest BCUT2D eigenvalue weighted by Gasteiger charge is 2.38. The van der Waals surface area contributed by atoms with Gasteiger partial charge in [-0.1, -0.05) is 6.07 Å². The topological polar surface area (TPSA) is 82.0 Å². The van der Waals surface area contributed by atoms with Gasteiger partial charge in [0.05, 0.1) is 17.0 Å². The van der Waals surface area contributed by atoms with Crippen LogP contribution in [0.5, 0.6) is 0 Å². The first kappa shape index (κ1) is 14.8. The molecule has 0 aromatic heterocycles. The molecule has 2 aromatic carbocycles. The predicted octanol–water partition coefficient (Wildman–Crippen LogP) is 3.04. The minimum Gasteiger partial charge on any atom is -0.325 e. The fraction of sp³-hybridized carbons (Fsp3) is 0.167. The third-order valence-corrected chi connectivity index (χ3v) is 4.02. The molecule has 3 rings (SSSR count). The van der Waals surface area contributed by atoms with Gasteiger partial charge in [0.15, 0.2) is 0 Å². The molecule has 2 amide bonds. The summed E-state index contributed by atoms with van der Waals surface area (Å²) in [7, 11) is 0. The molecule has 5 heteroatoms. The SMILES string of the molecule is CC1(C)C(=O)Nc2ccc(C(=O)Nc3cccc(C#N)c3)cc21. The zero-order valence-corrected chi connectivity index (χ0v) is 12.8. The van der Waals surface area contributed by atoms with Gasteiger partial charge in [-0.05, 0) is 55.8 Å². The zero-order chi connectivity index (χ0) is 16.6. The van der Waals surface area contributed by atoms with E-state index in [1.807, 2.05) is 19.9 Å². The number of amides is 2. The number of carbonyl (C=O) groups is 2. The lowest BCUT2D eigenvalue weighted by atomic mass is 9.85. The van der Waals surface area contributed by atoms with E-state index in [9.17, 15) is 9.59 Å². The maximum atomic E-state index is 12.4. The molecule has 0 spiro atoms. The quantitative estimate of drug-likeness (QED) is 0.894. The maximum Gasteiger partial charge on any atom is 0.255 e. The molecule has 0 fully saturated rings. The molecule has 114 valence electrons. The third-order valence-electron chi connectivity index (χ3n) is 4.02. The van der Waals surface area contributed by atoms with Gasteiger partial charge >= 0.3 is 0 Å². The molecule has 2 N–H and O–H groups in total. The molecular formula is C18H15N3O2. The molecule has 1 aliphatic heterocycles. The lowest BCUT2D eigenvalue weighted by Crippen LogP contribution is -2.27. The summed E-state index contributed by atoms with van der Waals surface area (Å²) in [5, 5.41) is 14.5. The Balaban J connectivity index is 1.89. The highest BCUT2D eigenvalue weighted by molar-refractivity contribution is 6.09. The Bertz CT molecular complexity index is 863. The molecule has 1 aliphatic rings. The number of hydrogen-bond acceptors (Lipinski definition) is 3. The highest BCUT2D eigenvalue weighted by Crippen LogP contribution is 2.37. The van der Waals surface area contributed by atoms with Crippen LogP contribution >= 0.6 is 0 Å². The molecule has 0 bridgehead atoms. The second-order valence-corrected chi connectivity index (χ2v) is 5.99. The number of nitrogens with one attached hydrogen (secondary N) is 2. The van der Waals surface area contributed by atoms with Crippen LogP contribution < -0.4 is 10.6 Å². The monoisotopic (exact) mass is 305 g/mol. The van der Waals surface area contributed by atoms with Crippen molar-refractivity contribution < 1.29 is 9.59 Å². The standard InChI is InChI=1S/C18H15N3O2/c1-18(2)14-9-12(6-7-15(14)21-17(18)23)16(22)20-13-5-3-4-11(8-13)10-19/h3-9H,1-2H3,(H,20,22)(H,21,23). The summed E-state index contributed by atoms with van der Waals surface area (Å²) in [6.45, 7) is 3.65. The van der Waals surface area contributed by atoms with Crippen molar-refractivity contribution in [1.29, 1.82) is 5.26 Å². The van der Waals surface area contributed by atoms with Gasteiger partial charge < -0.3 is 10.6 Å². The molecule has 1 heterocycles. The van der Waals surface area contributed by atoms with Crippen LogP contribution in [-0.2, 0) is 10.2 Å². The number of benzene rings is 2. The van der Waals surface area contributed by atoms with Crippen molar-refractivity contribution in [2.45, 2.75) is 19.3 Å². The molecule has 0 unspecified atom stereocenters. The van der Waals surface area contributed by atoms with E-state index in [0.717, 1.165) is 11.3 Å². The van der Waals surface area contributed by atoms with Crippen molar-refractivity contribution in [3.05, 3.63) is 59.2 Å². The summed E-state index contributed by atoms with van der Waals surface area (Å²) in [6.07, 6.45) is 0. The smallest absolute Gasteiger partial charge is 0.255 e. The Kier molecular flexibility index (Phi) is 3.38. The second-order valence-electron chi connectivity index (χ2n) is 5.99. The molecule has 2 aromatic rings. The normalized spacial score (nSPS) is 14.6. The van der Waals surface area contributed by atoms with Gasteiger partial charge in [-0.3, -0.25) is 9.59 Å². The van der Waals surface area contributed by atoms with E-state index in [2.05, 4.69) is 10.6 Å². The number of hydrogen-bond donors (Lipinski definition) is 2. The molecule has 23 heavy (non-hydrogen) atoms. The summed E-state index contributed by atoms with van der Waals surface area (Å²) >= 11 is 0. The van der Waals surface area contributed by atoms with Crippen molar-refractivity contribution in [2.24, 2.45) is 0 Å². The minimum atomic E-state index is -0.660. The number of anilines is 2. The van der Waals surface area contributed by atoms with E-state index in [1.54, 1.807) is 42.5 Å². The first-order chi connectivity index (χ1) is 10.9. The van der Waals surface area contributed by atoms with Crippen LogP contribution in [0.3, 0.4) is 0 Å². The summed E-state index contributed by atoms with van der Waals surface area (Å²) in [5.41, 5.74) is 2.39. The largest absolute Gasteiger partial charge is 0.325 e. The van der Waals surface area contributed by atoms with E-state index < -0.39 is 5.41 Å². The van der Waals surface area contributed by atoms with Crippen LogP contribution in [0.25, 0.3) is 0 Å². The zero-order valence-electron chi connectivity index (χ0n) is 12.8. The van der Waals surface area contributed by atoms with Gasteiger partial charge in [-0.15, -0.1) is 0 Å². The van der Waals surface area contributed by atoms with Crippen molar-refractivity contribution in [3.63, 3.8) is 0 Å². The highest BCUT2D eigenvalue weighted by atomic mass is 16.2. The van der Waals surface area contributed by atoms with E-state index >= 15 is 0 Å². The fourth-order valence-corrected chi connectivity index (χ4v) is 2.58. The Hall–Kier alpha value is -3.13. The van der Waals surface area contributed by atoms with Gasteiger partial charge in [-0.2, -0.15) is 5.26 Å². The van der Waals surface area contributed by atoms with Gasteiger partial charge in [0.1, 0.15) is 0 Å². The van der Waals surface area contributed by atoms with Gasteiger partial charge in [0.2, 0.25) is 5.91 Å². The van der Waals surface area contributed by atoms with Crippen LogP contribution in [0.2, 0.25) is 0 Å². The van der Waals surface area contributed by atoms with Crippen molar-refractivity contribution in [3.8, 4) is 6.07 Å². The first-order valence-corrected chi connectivity index (χ1v) is 7.19. The molecule has 0 radical (unpaired) electrons. The van der Waals surface area contributed by atoms with Gasteiger partial charge in [0.25, 0.3) is 5.91 Å². The van der Waals surface area contributed by atoms with Gasteiger partial charge in [-0.25, -0.2) is 0 Å². The molecular weight excluding hydrogens is 290 g/mol. The summed E-state index contributed by atoms with van der Waals surface area (Å²) in [5.74, 6) is -0.357. The summed E-state index contributed by atoms with van der Waals surface area (Å²) in [6, 6.07) is 13.9. The van der Waals surface area contributed by atoms with Crippen molar-refractivity contribution >= 4 is 23.2 Å². The van der Waals surface area contributed by atoms with Crippen LogP contribution in [0.1, 0.15) is 35.3 Å². The summed E-state index contributed by atoms with van der Waals surface area (Å²) in [4.78, 5) is 24.4. The predicted molar refractivity (Wildman–Crippen MR) is 87.2 cm³/mol. The average Bonchev–Trinajstić information content (AvgIpc) is 2.77. The molecule has 0 aliphatic carbocycles. The van der Waals surface area contributed by atoms with E-state index in [0.29, 0.717) is 16.8 Å². The lowest BCUT2D eigenvalue weighted by Gasteiger charge is -2.15. The van der Waals surface area contributed by atoms with Crippen molar-refractivity contribution in [1.82, 2.24) is 0 Å².